The van der Waals surface area contributed by atoms with Gasteiger partial charge < -0.3 is 13.6 Å². The number of hydrogen-bond acceptors (Lipinski definition) is 5. The fourth-order valence-electron chi connectivity index (χ4n) is 3.40. The lowest BCUT2D eigenvalue weighted by atomic mass is 10.1. The molecule has 0 aliphatic carbocycles. The first-order valence-corrected chi connectivity index (χ1v) is 10.4. The van der Waals surface area contributed by atoms with E-state index in [1.54, 1.807) is 48.5 Å². The van der Waals surface area contributed by atoms with Crippen LogP contribution in [0.3, 0.4) is 0 Å². The largest absolute Gasteiger partial charge is 0.478 e. The van der Waals surface area contributed by atoms with Crippen molar-refractivity contribution < 1.29 is 18.4 Å². The molecule has 0 aliphatic heterocycles. The molecule has 0 unspecified atom stereocenters. The van der Waals surface area contributed by atoms with E-state index < -0.39 is 17.8 Å². The summed E-state index contributed by atoms with van der Waals surface area (Å²) in [5, 5.41) is 1.97. The van der Waals surface area contributed by atoms with E-state index >= 15 is 0 Å². The van der Waals surface area contributed by atoms with Crippen molar-refractivity contribution in [1.82, 2.24) is 0 Å². The van der Waals surface area contributed by atoms with Gasteiger partial charge in [0.05, 0.1) is 5.39 Å². The molecule has 5 nitrogen and oxygen atoms in total. The van der Waals surface area contributed by atoms with E-state index in [1.165, 1.54) is 6.07 Å². The first-order valence-electron chi connectivity index (χ1n) is 9.66. The second-order valence-corrected chi connectivity index (χ2v) is 7.97. The minimum Gasteiger partial charge on any atom is -0.478 e. The van der Waals surface area contributed by atoms with E-state index in [0.29, 0.717) is 26.8 Å². The van der Waals surface area contributed by atoms with Gasteiger partial charge in [0.25, 0.3) is 0 Å². The molecule has 7 heteroatoms. The van der Waals surface area contributed by atoms with Gasteiger partial charge in [0.2, 0.25) is 17.0 Å². The highest BCUT2D eigenvalue weighted by Crippen LogP contribution is 2.32. The van der Waals surface area contributed by atoms with Crippen LogP contribution in [0.1, 0.15) is 10.6 Å². The molecule has 0 amide bonds. The van der Waals surface area contributed by atoms with Gasteiger partial charge in [-0.1, -0.05) is 41.4 Å². The summed E-state index contributed by atoms with van der Waals surface area (Å²) in [5.41, 5.74) is 1.09. The third-order valence-corrected chi connectivity index (χ3v) is 5.45. The number of para-hydroxylation sites is 1. The van der Waals surface area contributed by atoms with Crippen molar-refractivity contribution in [1.29, 1.82) is 0 Å². The third kappa shape index (κ3) is 3.77. The summed E-state index contributed by atoms with van der Waals surface area (Å²) in [6.07, 6.45) is 0. The highest BCUT2D eigenvalue weighted by atomic mass is 35.5. The van der Waals surface area contributed by atoms with Crippen molar-refractivity contribution >= 4 is 50.9 Å². The Morgan fingerprint density at radius 2 is 1.59 bits per heavy atom. The first kappa shape index (κ1) is 20.4. The van der Waals surface area contributed by atoms with Crippen LogP contribution in [0, 0.1) is 0 Å². The van der Waals surface area contributed by atoms with Gasteiger partial charge in [-0.3, -0.25) is 9.59 Å². The lowest BCUT2D eigenvalue weighted by Gasteiger charge is -2.11. The number of furan rings is 1. The van der Waals surface area contributed by atoms with Crippen molar-refractivity contribution in [3.63, 3.8) is 0 Å². The Bertz CT molecular complexity index is 1500. The van der Waals surface area contributed by atoms with E-state index in [0.717, 1.165) is 5.39 Å². The minimum atomic E-state index is -0.434. The normalized spacial score (nSPS) is 11.2. The van der Waals surface area contributed by atoms with Gasteiger partial charge in [-0.05, 0) is 54.6 Å². The number of halogens is 2. The fourth-order valence-corrected chi connectivity index (χ4v) is 3.70. The Labute approximate surface area is 191 Å². The maximum absolute atomic E-state index is 13.2. The molecule has 5 rings (SSSR count). The van der Waals surface area contributed by atoms with Crippen LogP contribution in [-0.2, 0) is 0 Å². The zero-order valence-corrected chi connectivity index (χ0v) is 17.9. The highest BCUT2D eigenvalue weighted by Gasteiger charge is 2.21. The number of benzene rings is 3. The van der Waals surface area contributed by atoms with Crippen molar-refractivity contribution in [3.05, 3.63) is 98.8 Å². The average molecular weight is 465 g/mol. The Balaban J connectivity index is 1.55. The molecule has 0 radical (unpaired) electrons. The van der Waals surface area contributed by atoms with E-state index in [4.69, 9.17) is 36.8 Å². The quantitative estimate of drug-likeness (QED) is 0.268. The highest BCUT2D eigenvalue weighted by molar-refractivity contribution is 6.31. The summed E-state index contributed by atoms with van der Waals surface area (Å²) in [6.45, 7) is -0.406. The molecule has 0 saturated carbocycles. The molecule has 0 atom stereocenters. The Kier molecular flexibility index (Phi) is 5.21. The van der Waals surface area contributed by atoms with Crippen molar-refractivity contribution in [2.24, 2.45) is 0 Å². The number of ether oxygens (including phenoxy) is 1. The second-order valence-electron chi connectivity index (χ2n) is 7.10. The predicted octanol–water partition coefficient (Wildman–Crippen LogP) is 6.77. The molecule has 5 aromatic rings. The predicted molar refractivity (Wildman–Crippen MR) is 124 cm³/mol. The smallest absolute Gasteiger partial charge is 0.235 e. The molecule has 3 aromatic carbocycles. The van der Waals surface area contributed by atoms with Crippen molar-refractivity contribution in [2.45, 2.75) is 0 Å². The minimum absolute atomic E-state index is 0.0912. The molecule has 32 heavy (non-hydrogen) atoms. The summed E-state index contributed by atoms with van der Waals surface area (Å²) < 4.78 is 17.3. The number of ketones is 1. The summed E-state index contributed by atoms with van der Waals surface area (Å²) in [4.78, 5) is 25.9. The molecule has 0 spiro atoms. The molecule has 0 saturated heterocycles. The van der Waals surface area contributed by atoms with Gasteiger partial charge in [0.15, 0.2) is 18.1 Å². The van der Waals surface area contributed by atoms with Crippen LogP contribution in [0.4, 0.5) is 0 Å². The summed E-state index contributed by atoms with van der Waals surface area (Å²) in [5.74, 6) is -0.160. The Morgan fingerprint density at radius 1 is 0.844 bits per heavy atom. The zero-order valence-electron chi connectivity index (χ0n) is 16.4. The number of Topliss-reactive ketones (excluding diaryl/α,β-unsaturated/α-hetero) is 1. The zero-order chi connectivity index (χ0) is 22.2. The van der Waals surface area contributed by atoms with E-state index in [9.17, 15) is 9.59 Å². The number of hydrogen-bond donors (Lipinski definition) is 0. The standard InChI is InChI=1S/C25H14Cl2O5/c26-16-7-5-14(6-8-16)24-25(23(29)18-12-17(27)9-10-21(18)32-24)30-13-19(28)22-11-15-3-1-2-4-20(15)31-22/h1-12H,13H2. The van der Waals surface area contributed by atoms with Crippen LogP contribution in [0.5, 0.6) is 5.75 Å². The van der Waals surface area contributed by atoms with Gasteiger partial charge in [0.1, 0.15) is 11.2 Å². The monoisotopic (exact) mass is 464 g/mol. The SMILES string of the molecule is O=C(COc1c(-c2ccc(Cl)cc2)oc2ccc(Cl)cc2c1=O)c1cc2ccccc2o1. The van der Waals surface area contributed by atoms with E-state index in [1.807, 2.05) is 18.2 Å². The summed E-state index contributed by atoms with van der Waals surface area (Å²) >= 11 is 12.1. The lowest BCUT2D eigenvalue weighted by molar-refractivity contribution is 0.0894. The number of rotatable bonds is 5. The number of carbonyl (C=O) groups is 1. The van der Waals surface area contributed by atoms with Crippen LogP contribution < -0.4 is 10.2 Å². The molecule has 0 fully saturated rings. The third-order valence-electron chi connectivity index (χ3n) is 4.97. The van der Waals surface area contributed by atoms with Crippen LogP contribution in [0.25, 0.3) is 33.3 Å². The molecular weight excluding hydrogens is 451 g/mol. The molecule has 2 heterocycles. The molecule has 0 bridgehead atoms. The lowest BCUT2D eigenvalue weighted by Crippen LogP contribution is -2.16. The van der Waals surface area contributed by atoms with E-state index in [-0.39, 0.29) is 22.7 Å². The van der Waals surface area contributed by atoms with Gasteiger partial charge in [0, 0.05) is 21.0 Å². The summed E-state index contributed by atoms with van der Waals surface area (Å²) in [6, 6.07) is 20.4. The Morgan fingerprint density at radius 3 is 2.38 bits per heavy atom. The first-order chi connectivity index (χ1) is 15.5. The van der Waals surface area contributed by atoms with Gasteiger partial charge in [-0.25, -0.2) is 0 Å². The van der Waals surface area contributed by atoms with Crippen LogP contribution >= 0.6 is 23.2 Å². The van der Waals surface area contributed by atoms with Crippen molar-refractivity contribution in [2.75, 3.05) is 6.61 Å². The molecular formula is C25H14Cl2O5. The van der Waals surface area contributed by atoms with Gasteiger partial charge in [-0.15, -0.1) is 0 Å². The maximum Gasteiger partial charge on any atom is 0.235 e. The second kappa shape index (κ2) is 8.19. The summed E-state index contributed by atoms with van der Waals surface area (Å²) in [7, 11) is 0. The van der Waals surface area contributed by atoms with Crippen LogP contribution in [0.15, 0.2) is 86.4 Å². The maximum atomic E-state index is 13.2. The molecule has 158 valence electrons. The topological polar surface area (TPSA) is 69.7 Å². The van der Waals surface area contributed by atoms with Crippen LogP contribution in [0.2, 0.25) is 10.0 Å². The molecule has 0 N–H and O–H groups in total. The number of fused-ring (bicyclic) bond motifs is 2. The van der Waals surface area contributed by atoms with Crippen molar-refractivity contribution in [3.8, 4) is 17.1 Å². The van der Waals surface area contributed by atoms with E-state index in [2.05, 4.69) is 0 Å². The Hall–Kier alpha value is -3.54. The fraction of sp³-hybridized carbons (Fsp3) is 0.0400. The number of carbonyl (C=O) groups excluding carboxylic acids is 1. The molecule has 2 aromatic heterocycles. The molecule has 0 aliphatic rings. The van der Waals surface area contributed by atoms with Gasteiger partial charge >= 0.3 is 0 Å². The van der Waals surface area contributed by atoms with Crippen LogP contribution in [-0.4, -0.2) is 12.4 Å². The van der Waals surface area contributed by atoms with Gasteiger partial charge in [-0.2, -0.15) is 0 Å². The average Bonchev–Trinajstić information content (AvgIpc) is 3.24.